The Morgan fingerprint density at radius 1 is 1.43 bits per heavy atom. The Bertz CT molecular complexity index is 507. The van der Waals surface area contributed by atoms with E-state index in [1.54, 1.807) is 11.3 Å². The Labute approximate surface area is 131 Å². The molecule has 116 valence electrons. The molecule has 21 heavy (non-hydrogen) atoms. The Morgan fingerprint density at radius 2 is 2.24 bits per heavy atom. The van der Waals surface area contributed by atoms with E-state index in [-0.39, 0.29) is 5.91 Å². The van der Waals surface area contributed by atoms with Gasteiger partial charge in [-0.2, -0.15) is 0 Å². The maximum atomic E-state index is 12.6. The van der Waals surface area contributed by atoms with Crippen LogP contribution in [0.15, 0.2) is 5.38 Å². The molecule has 3 nitrogen and oxygen atoms in total. The number of likely N-dealkylation sites (N-methyl/N-ethyl adjacent to an activating group) is 1. The van der Waals surface area contributed by atoms with Crippen LogP contribution in [0, 0.1) is 11.8 Å². The quantitative estimate of drug-likeness (QED) is 0.754. The SMILES string of the molecule is C[C@H]1CCc2c(C(=O)N(C)CCOCC3CC3)csc2C1. The highest BCUT2D eigenvalue weighted by molar-refractivity contribution is 7.10. The first-order valence-corrected chi connectivity index (χ1v) is 8.95. The van der Waals surface area contributed by atoms with Crippen LogP contribution in [0.25, 0.3) is 0 Å². The molecule has 1 aromatic heterocycles. The standard InChI is InChI=1S/C17H25NO2S/c1-12-3-6-14-15(11-21-16(14)9-12)17(19)18(2)7-8-20-10-13-4-5-13/h11-13H,3-10H2,1-2H3/t12-/m0/s1. The van der Waals surface area contributed by atoms with Crippen LogP contribution >= 0.6 is 11.3 Å². The molecule has 0 unspecified atom stereocenters. The van der Waals surface area contributed by atoms with Gasteiger partial charge < -0.3 is 9.64 Å². The maximum absolute atomic E-state index is 12.6. The molecule has 1 atom stereocenters. The number of fused-ring (bicyclic) bond motifs is 1. The van der Waals surface area contributed by atoms with Crippen molar-refractivity contribution in [1.82, 2.24) is 4.90 Å². The Morgan fingerprint density at radius 3 is 3.00 bits per heavy atom. The first-order chi connectivity index (χ1) is 10.1. The van der Waals surface area contributed by atoms with Gasteiger partial charge in [0.2, 0.25) is 0 Å². The summed E-state index contributed by atoms with van der Waals surface area (Å²) in [5.74, 6) is 1.71. The molecule has 4 heteroatoms. The fourth-order valence-corrected chi connectivity index (χ4v) is 4.14. The van der Waals surface area contributed by atoms with Gasteiger partial charge in [0, 0.05) is 30.5 Å². The normalized spacial score (nSPS) is 21.1. The van der Waals surface area contributed by atoms with E-state index < -0.39 is 0 Å². The molecule has 1 saturated carbocycles. The van der Waals surface area contributed by atoms with Gasteiger partial charge in [0.1, 0.15) is 0 Å². The van der Waals surface area contributed by atoms with Crippen molar-refractivity contribution in [3.63, 3.8) is 0 Å². The van der Waals surface area contributed by atoms with Crippen molar-refractivity contribution in [2.45, 2.75) is 39.0 Å². The average molecular weight is 307 g/mol. The van der Waals surface area contributed by atoms with Crippen molar-refractivity contribution in [1.29, 1.82) is 0 Å². The Kier molecular flexibility index (Phi) is 4.65. The highest BCUT2D eigenvalue weighted by Gasteiger charge is 2.25. The largest absolute Gasteiger partial charge is 0.379 e. The summed E-state index contributed by atoms with van der Waals surface area (Å²) in [6, 6.07) is 0. The van der Waals surface area contributed by atoms with Gasteiger partial charge in [-0.1, -0.05) is 6.92 Å². The van der Waals surface area contributed by atoms with E-state index in [1.165, 1.54) is 29.7 Å². The molecule has 3 rings (SSSR count). The van der Waals surface area contributed by atoms with E-state index in [0.717, 1.165) is 36.8 Å². The maximum Gasteiger partial charge on any atom is 0.254 e. The molecule has 0 spiro atoms. The number of rotatable bonds is 6. The van der Waals surface area contributed by atoms with Crippen LogP contribution in [-0.4, -0.2) is 37.6 Å². The summed E-state index contributed by atoms with van der Waals surface area (Å²) in [6.45, 7) is 4.51. The number of amides is 1. The topological polar surface area (TPSA) is 29.5 Å². The van der Waals surface area contributed by atoms with Crippen LogP contribution in [0.5, 0.6) is 0 Å². The lowest BCUT2D eigenvalue weighted by Gasteiger charge is -2.21. The number of carbonyl (C=O) groups is 1. The molecule has 0 radical (unpaired) electrons. The van der Waals surface area contributed by atoms with Gasteiger partial charge in [-0.15, -0.1) is 11.3 Å². The lowest BCUT2D eigenvalue weighted by Crippen LogP contribution is -2.31. The molecule has 0 aromatic carbocycles. The molecule has 1 aromatic rings. The summed E-state index contributed by atoms with van der Waals surface area (Å²) in [4.78, 5) is 15.8. The van der Waals surface area contributed by atoms with E-state index in [0.29, 0.717) is 13.2 Å². The van der Waals surface area contributed by atoms with E-state index in [1.807, 2.05) is 11.9 Å². The van der Waals surface area contributed by atoms with Gasteiger partial charge in [0.15, 0.2) is 0 Å². The Balaban J connectivity index is 1.54. The second-order valence-electron chi connectivity index (χ2n) is 6.64. The zero-order chi connectivity index (χ0) is 14.8. The molecule has 1 heterocycles. The summed E-state index contributed by atoms with van der Waals surface area (Å²) in [7, 11) is 1.89. The summed E-state index contributed by atoms with van der Waals surface area (Å²) in [6.07, 6.45) is 6.04. The van der Waals surface area contributed by atoms with Gasteiger partial charge in [-0.3, -0.25) is 4.79 Å². The third-order valence-corrected chi connectivity index (χ3v) is 5.65. The molecule has 0 aliphatic heterocycles. The smallest absolute Gasteiger partial charge is 0.254 e. The second kappa shape index (κ2) is 6.49. The molecule has 2 aliphatic carbocycles. The van der Waals surface area contributed by atoms with Crippen molar-refractivity contribution >= 4 is 17.2 Å². The molecule has 2 aliphatic rings. The van der Waals surface area contributed by atoms with Gasteiger partial charge in [0.25, 0.3) is 5.91 Å². The fourth-order valence-electron chi connectivity index (χ4n) is 2.90. The average Bonchev–Trinajstić information content (AvgIpc) is 3.21. The van der Waals surface area contributed by atoms with Gasteiger partial charge in [-0.05, 0) is 49.5 Å². The zero-order valence-electron chi connectivity index (χ0n) is 13.1. The minimum Gasteiger partial charge on any atom is -0.379 e. The number of hydrogen-bond acceptors (Lipinski definition) is 3. The molecular weight excluding hydrogens is 282 g/mol. The molecule has 0 saturated heterocycles. The third-order valence-electron chi connectivity index (χ3n) is 4.60. The first kappa shape index (κ1) is 15.0. The van der Waals surface area contributed by atoms with Crippen molar-refractivity contribution in [3.8, 4) is 0 Å². The number of hydrogen-bond donors (Lipinski definition) is 0. The van der Waals surface area contributed by atoms with E-state index in [9.17, 15) is 4.79 Å². The zero-order valence-corrected chi connectivity index (χ0v) is 13.9. The van der Waals surface area contributed by atoms with Crippen molar-refractivity contribution in [3.05, 3.63) is 21.4 Å². The third kappa shape index (κ3) is 3.67. The number of nitrogens with zero attached hydrogens (tertiary/aromatic N) is 1. The summed E-state index contributed by atoms with van der Waals surface area (Å²) in [5, 5.41) is 2.06. The van der Waals surface area contributed by atoms with Crippen molar-refractivity contribution in [2.75, 3.05) is 26.8 Å². The lowest BCUT2D eigenvalue weighted by molar-refractivity contribution is 0.0680. The fraction of sp³-hybridized carbons (Fsp3) is 0.706. The highest BCUT2D eigenvalue weighted by atomic mass is 32.1. The van der Waals surface area contributed by atoms with Crippen LogP contribution in [0.3, 0.4) is 0 Å². The molecule has 1 fully saturated rings. The number of thiophene rings is 1. The molecule has 1 amide bonds. The van der Waals surface area contributed by atoms with E-state index in [4.69, 9.17) is 4.74 Å². The van der Waals surface area contributed by atoms with E-state index >= 15 is 0 Å². The summed E-state index contributed by atoms with van der Waals surface area (Å²) < 4.78 is 5.63. The van der Waals surface area contributed by atoms with Crippen LogP contribution < -0.4 is 0 Å². The van der Waals surface area contributed by atoms with E-state index in [2.05, 4.69) is 12.3 Å². The van der Waals surface area contributed by atoms with Gasteiger partial charge in [-0.25, -0.2) is 0 Å². The first-order valence-electron chi connectivity index (χ1n) is 8.07. The van der Waals surface area contributed by atoms with Crippen LogP contribution in [-0.2, 0) is 17.6 Å². The summed E-state index contributed by atoms with van der Waals surface area (Å²) >= 11 is 1.76. The van der Waals surface area contributed by atoms with Gasteiger partial charge in [0.05, 0.1) is 12.2 Å². The monoisotopic (exact) mass is 307 g/mol. The lowest BCUT2D eigenvalue weighted by atomic mass is 9.88. The highest BCUT2D eigenvalue weighted by Crippen LogP contribution is 2.33. The van der Waals surface area contributed by atoms with Crippen LogP contribution in [0.1, 0.15) is 47.0 Å². The molecule has 0 N–H and O–H groups in total. The number of ether oxygens (including phenoxy) is 1. The van der Waals surface area contributed by atoms with Gasteiger partial charge >= 0.3 is 0 Å². The minimum atomic E-state index is 0.164. The predicted octanol–water partition coefficient (Wildman–Crippen LogP) is 3.37. The summed E-state index contributed by atoms with van der Waals surface area (Å²) in [5.41, 5.74) is 2.25. The predicted molar refractivity (Wildman–Crippen MR) is 86.0 cm³/mol. The number of carbonyl (C=O) groups excluding carboxylic acids is 1. The second-order valence-corrected chi connectivity index (χ2v) is 7.61. The van der Waals surface area contributed by atoms with Crippen molar-refractivity contribution < 1.29 is 9.53 Å². The minimum absolute atomic E-state index is 0.164. The molecule has 0 bridgehead atoms. The van der Waals surface area contributed by atoms with Crippen LogP contribution in [0.2, 0.25) is 0 Å². The Hall–Kier alpha value is -0.870. The van der Waals surface area contributed by atoms with Crippen molar-refractivity contribution in [2.24, 2.45) is 11.8 Å². The van der Waals surface area contributed by atoms with Crippen LogP contribution in [0.4, 0.5) is 0 Å². The molecular formula is C17H25NO2S.